The summed E-state index contributed by atoms with van der Waals surface area (Å²) in [6.07, 6.45) is 2.86. The molecule has 0 amide bonds. The second kappa shape index (κ2) is 30.6. The maximum absolute atomic E-state index is 2.37. The minimum atomic E-state index is 0. The predicted octanol–water partition coefficient (Wildman–Crippen LogP) is 2.14. The molecule has 0 saturated heterocycles. The molecule has 0 aliphatic rings. The molecule has 0 fully saturated rings. The van der Waals surface area contributed by atoms with Crippen molar-refractivity contribution in [2.45, 2.75) is 25.8 Å². The number of hydrogen-bond donors (Lipinski definition) is 0. The molecule has 0 aliphatic heterocycles. The van der Waals surface area contributed by atoms with Gasteiger partial charge in [-0.3, -0.25) is 0 Å². The quantitative estimate of drug-likeness (QED) is 0.523. The van der Waals surface area contributed by atoms with Gasteiger partial charge in [0.15, 0.2) is 0 Å². The summed E-state index contributed by atoms with van der Waals surface area (Å²) < 4.78 is 0. The van der Waals surface area contributed by atoms with Gasteiger partial charge >= 0.3 is 50.7 Å². The van der Waals surface area contributed by atoms with Gasteiger partial charge in [-0.1, -0.05) is 0 Å². The van der Waals surface area contributed by atoms with E-state index < -0.39 is 0 Å². The van der Waals surface area contributed by atoms with Crippen LogP contribution in [-0.2, 0) is 0 Å². The van der Waals surface area contributed by atoms with E-state index in [4.69, 9.17) is 0 Å². The van der Waals surface area contributed by atoms with Crippen LogP contribution in [0.1, 0.15) is 19.8 Å². The molecule has 0 aromatic heterocycles. The first-order valence-electron chi connectivity index (χ1n) is 2.91. The third-order valence-corrected chi connectivity index (χ3v) is 2.16. The van der Waals surface area contributed by atoms with Crippen LogP contribution in [0, 0.1) is 0 Å². The number of unbranched alkanes of at least 4 members (excludes halogenated alkanes) is 1. The van der Waals surface area contributed by atoms with E-state index in [0.29, 0.717) is 7.84 Å². The fourth-order valence-corrected chi connectivity index (χ4v) is 1.50. The molecule has 0 rings (SSSR count). The first-order valence-corrected chi connectivity index (χ1v) is 5.33. The molecular formula is C4H15Cl4LiSi. The molecule has 0 aromatic carbocycles. The fraction of sp³-hybridized carbons (Fsp3) is 1.00. The van der Waals surface area contributed by atoms with Crippen LogP contribution in [-0.4, -0.2) is 24.9 Å². The van der Waals surface area contributed by atoms with Gasteiger partial charge in [-0.05, 0) is 0 Å². The second-order valence-electron chi connectivity index (χ2n) is 1.71. The van der Waals surface area contributed by atoms with Crippen LogP contribution in [0.4, 0.5) is 0 Å². The molecule has 0 bridgehead atoms. The second-order valence-corrected chi connectivity index (χ2v) is 3.41. The summed E-state index contributed by atoms with van der Waals surface area (Å²) in [6.45, 7) is 2.25. The van der Waals surface area contributed by atoms with Crippen molar-refractivity contribution in [1.82, 2.24) is 0 Å². The molecule has 0 spiro atoms. The zero-order chi connectivity index (χ0) is 4.83. The molecule has 0 heterocycles. The van der Waals surface area contributed by atoms with E-state index >= 15 is 0 Å². The van der Waals surface area contributed by atoms with E-state index in [1.165, 1.54) is 12.8 Å². The van der Waals surface area contributed by atoms with Gasteiger partial charge in [0.25, 0.3) is 0 Å². The van der Waals surface area contributed by atoms with Gasteiger partial charge in [-0.2, -0.15) is 0 Å². The van der Waals surface area contributed by atoms with Crippen molar-refractivity contribution in [3.63, 3.8) is 0 Å². The molecule has 0 aliphatic carbocycles. The SMILES string of the molecule is Cl.Cl.Cl.Cl.[Li][SiH2]CCCC. The molecule has 0 saturated carbocycles. The average molecular weight is 240 g/mol. The van der Waals surface area contributed by atoms with E-state index in [0.717, 1.165) is 0 Å². The first-order chi connectivity index (χ1) is 2.91. The standard InChI is InChI=1S/C4H11Si.4ClH.Li/c1-2-3-4-5;;;;;/h2-5H2,1H3;4*1H;. The maximum atomic E-state index is 2.37. The Labute approximate surface area is 99.7 Å². The van der Waals surface area contributed by atoms with Crippen LogP contribution >= 0.6 is 49.6 Å². The first kappa shape index (κ1) is 29.6. The molecule has 6 heteroatoms. The fourth-order valence-electron chi connectivity index (χ4n) is 0.500. The zero-order valence-corrected chi connectivity index (χ0v) is 11.1. The molecule has 64 valence electrons. The Kier molecular flexibility index (Phi) is 90.7. The van der Waals surface area contributed by atoms with Crippen molar-refractivity contribution in [3.8, 4) is 0 Å². The summed E-state index contributed by atoms with van der Waals surface area (Å²) in [5, 5.41) is 0. The van der Waals surface area contributed by atoms with Crippen molar-refractivity contribution in [1.29, 1.82) is 0 Å². The molecule has 0 aromatic rings. The minimum absolute atomic E-state index is 0. The summed E-state index contributed by atoms with van der Waals surface area (Å²) in [5.41, 5.74) is 0. The third-order valence-electron chi connectivity index (χ3n) is 0.957. The monoisotopic (exact) mass is 238 g/mol. The number of halogens is 4. The summed E-state index contributed by atoms with van der Waals surface area (Å²) in [7, 11) is 0.403. The molecule has 0 nitrogen and oxygen atoms in total. The normalized spacial score (nSPS) is 6.70. The molecule has 0 unspecified atom stereocenters. The zero-order valence-electron chi connectivity index (χ0n) is 6.46. The predicted molar refractivity (Wildman–Crippen MR) is 63.0 cm³/mol. The van der Waals surface area contributed by atoms with Gasteiger partial charge < -0.3 is 0 Å². The Hall–Kier alpha value is 1.97. The Bertz CT molecular complexity index is 29.2. The van der Waals surface area contributed by atoms with Crippen molar-refractivity contribution in [3.05, 3.63) is 0 Å². The van der Waals surface area contributed by atoms with Crippen LogP contribution < -0.4 is 0 Å². The topological polar surface area (TPSA) is 0 Å². The van der Waals surface area contributed by atoms with Gasteiger partial charge in [0, 0.05) is 0 Å². The molecule has 0 N–H and O–H groups in total. The number of hydrogen-bond acceptors (Lipinski definition) is 0. The van der Waals surface area contributed by atoms with E-state index in [2.05, 4.69) is 24.0 Å². The molecule has 10 heavy (non-hydrogen) atoms. The summed E-state index contributed by atoms with van der Waals surface area (Å²) >= 11 is 2.37. The van der Waals surface area contributed by atoms with Crippen LogP contribution in [0.5, 0.6) is 0 Å². The van der Waals surface area contributed by atoms with Gasteiger partial charge in [0.1, 0.15) is 0 Å². The van der Waals surface area contributed by atoms with Crippen molar-refractivity contribution in [2.75, 3.05) is 0 Å². The Morgan fingerprint density at radius 1 is 1.10 bits per heavy atom. The van der Waals surface area contributed by atoms with Gasteiger partial charge in [0.2, 0.25) is 0 Å². The van der Waals surface area contributed by atoms with Crippen LogP contribution in [0.15, 0.2) is 0 Å². The van der Waals surface area contributed by atoms with Crippen molar-refractivity contribution >= 4 is 74.5 Å². The Morgan fingerprint density at radius 3 is 1.60 bits per heavy atom. The van der Waals surface area contributed by atoms with Crippen LogP contribution in [0.3, 0.4) is 0 Å². The van der Waals surface area contributed by atoms with Crippen LogP contribution in [0.25, 0.3) is 0 Å². The third kappa shape index (κ3) is 32.5. The summed E-state index contributed by atoms with van der Waals surface area (Å²) in [5.74, 6) is 0. The Balaban J connectivity index is -0.0000000208. The average Bonchev–Trinajstić information content (AvgIpc) is 1.61. The summed E-state index contributed by atoms with van der Waals surface area (Å²) in [4.78, 5) is 0. The van der Waals surface area contributed by atoms with Gasteiger partial charge in [-0.15, -0.1) is 49.6 Å². The van der Waals surface area contributed by atoms with Crippen LogP contribution in [0.2, 0.25) is 6.04 Å². The van der Waals surface area contributed by atoms with Crippen molar-refractivity contribution < 1.29 is 0 Å². The molecular weight excluding hydrogens is 225 g/mol. The van der Waals surface area contributed by atoms with E-state index in [-0.39, 0.29) is 49.6 Å². The van der Waals surface area contributed by atoms with E-state index in [1.807, 2.05) is 0 Å². The Morgan fingerprint density at radius 2 is 1.50 bits per heavy atom. The molecule has 0 atom stereocenters. The van der Waals surface area contributed by atoms with Crippen molar-refractivity contribution in [2.24, 2.45) is 0 Å². The van der Waals surface area contributed by atoms with Gasteiger partial charge in [0.05, 0.1) is 0 Å². The summed E-state index contributed by atoms with van der Waals surface area (Å²) in [6, 6.07) is 1.55. The number of rotatable bonds is 3. The van der Waals surface area contributed by atoms with Gasteiger partial charge in [-0.25, -0.2) is 0 Å². The molecule has 0 radical (unpaired) electrons. The van der Waals surface area contributed by atoms with E-state index in [9.17, 15) is 0 Å². The van der Waals surface area contributed by atoms with E-state index in [1.54, 1.807) is 6.04 Å².